The van der Waals surface area contributed by atoms with Crippen LogP contribution in [0.2, 0.25) is 0 Å². The Bertz CT molecular complexity index is 892. The second-order valence-corrected chi connectivity index (χ2v) is 14.4. The van der Waals surface area contributed by atoms with Crippen LogP contribution < -0.4 is 0 Å². The molecular weight excluding hydrogens is 424 g/mol. The maximum absolute atomic E-state index is 11.2. The first-order valence-corrected chi connectivity index (χ1v) is 14.0. The van der Waals surface area contributed by atoms with Crippen molar-refractivity contribution in [2.24, 2.45) is 50.7 Å². The van der Waals surface area contributed by atoms with Gasteiger partial charge < -0.3 is 15.3 Å². The summed E-state index contributed by atoms with van der Waals surface area (Å²) < 4.78 is 0. The van der Waals surface area contributed by atoms with E-state index < -0.39 is 12.1 Å². The maximum atomic E-state index is 11.2. The molecule has 192 valence electrons. The molecule has 0 aliphatic heterocycles. The van der Waals surface area contributed by atoms with Crippen LogP contribution in [0.4, 0.5) is 0 Å². The third-order valence-corrected chi connectivity index (χ3v) is 13.4. The number of aliphatic hydroxyl groups excluding tert-OH is 2. The van der Waals surface area contributed by atoms with E-state index in [4.69, 9.17) is 0 Å². The minimum atomic E-state index is -0.898. The summed E-state index contributed by atoms with van der Waals surface area (Å²) >= 11 is 0. The maximum Gasteiger partial charge on any atom is 0.330 e. The van der Waals surface area contributed by atoms with Crippen LogP contribution in [-0.4, -0.2) is 33.5 Å². The Hall–Kier alpha value is -0.870. The van der Waals surface area contributed by atoms with Crippen LogP contribution >= 0.6 is 0 Å². The number of hydrogen-bond acceptors (Lipinski definition) is 3. The molecular formula is C30H48O4. The van der Waals surface area contributed by atoms with E-state index in [2.05, 4.69) is 34.6 Å². The van der Waals surface area contributed by atoms with Gasteiger partial charge >= 0.3 is 5.97 Å². The zero-order valence-electron chi connectivity index (χ0n) is 22.4. The number of hydrogen-bond donors (Lipinski definition) is 3. The van der Waals surface area contributed by atoms with Crippen molar-refractivity contribution in [1.82, 2.24) is 0 Å². The van der Waals surface area contributed by atoms with Crippen LogP contribution in [0.1, 0.15) is 106 Å². The predicted octanol–water partition coefficient (Wildman–Crippen LogP) is 6.20. The van der Waals surface area contributed by atoms with Crippen molar-refractivity contribution in [2.75, 3.05) is 0 Å². The van der Waals surface area contributed by atoms with Crippen LogP contribution in [-0.2, 0) is 4.79 Å². The van der Waals surface area contributed by atoms with E-state index in [1.807, 2.05) is 0 Å². The molecule has 2 spiro atoms. The molecule has 0 heterocycles. The third-order valence-electron chi connectivity index (χ3n) is 13.4. The van der Waals surface area contributed by atoms with Gasteiger partial charge in [-0.3, -0.25) is 0 Å². The molecule has 0 bridgehead atoms. The van der Waals surface area contributed by atoms with Gasteiger partial charge in [-0.1, -0.05) is 40.7 Å². The van der Waals surface area contributed by atoms with Gasteiger partial charge in [0, 0.05) is 5.57 Å². The summed E-state index contributed by atoms with van der Waals surface area (Å²) in [6.07, 6.45) is 12.7. The first-order chi connectivity index (χ1) is 15.8. The van der Waals surface area contributed by atoms with Gasteiger partial charge in [0.05, 0.1) is 12.2 Å². The summed E-state index contributed by atoms with van der Waals surface area (Å²) in [6, 6.07) is 0. The van der Waals surface area contributed by atoms with E-state index in [0.29, 0.717) is 40.1 Å². The van der Waals surface area contributed by atoms with Gasteiger partial charge in [0.15, 0.2) is 0 Å². The van der Waals surface area contributed by atoms with Gasteiger partial charge in [-0.05, 0) is 122 Å². The smallest absolute Gasteiger partial charge is 0.330 e. The van der Waals surface area contributed by atoms with Crippen molar-refractivity contribution in [3.63, 3.8) is 0 Å². The molecule has 0 aromatic carbocycles. The van der Waals surface area contributed by atoms with E-state index in [0.717, 1.165) is 12.3 Å². The van der Waals surface area contributed by atoms with Crippen LogP contribution in [0.5, 0.6) is 0 Å². The number of carboxylic acid groups (broad SMARTS) is 1. The summed E-state index contributed by atoms with van der Waals surface area (Å²) in [5.74, 6) is 1.19. The fourth-order valence-corrected chi connectivity index (χ4v) is 11.1. The molecule has 5 rings (SSSR count). The van der Waals surface area contributed by atoms with E-state index in [1.54, 1.807) is 13.0 Å². The lowest BCUT2D eigenvalue weighted by Gasteiger charge is -2.63. The monoisotopic (exact) mass is 472 g/mol. The standard InChI is InChI=1S/C30H48O4/c1-18(25(33)34)7-8-21(31)19(2)20-11-13-28(6)23-10-9-22-26(3,4)24(32)12-14-29(22)17-30(23,29)16-15-27(20,28)5/h7,19-24,31-32H,8-17H2,1-6H3,(H,33,34)/b18-7+/t19-,20+,21?,22?,23?,24-,27+,28-,29+,30-/m0/s1. The minimum Gasteiger partial charge on any atom is -0.478 e. The fourth-order valence-electron chi connectivity index (χ4n) is 11.1. The molecule has 34 heavy (non-hydrogen) atoms. The highest BCUT2D eigenvalue weighted by molar-refractivity contribution is 5.85. The second kappa shape index (κ2) is 7.57. The molecule has 5 fully saturated rings. The van der Waals surface area contributed by atoms with Gasteiger partial charge in [-0.25, -0.2) is 4.79 Å². The molecule has 5 aliphatic rings. The Kier molecular flexibility index (Phi) is 5.52. The fraction of sp³-hybridized carbons (Fsp3) is 0.900. The number of aliphatic hydroxyl groups is 2. The van der Waals surface area contributed by atoms with Crippen molar-refractivity contribution < 1.29 is 20.1 Å². The minimum absolute atomic E-state index is 0.0345. The number of carbonyl (C=O) groups is 1. The molecule has 4 heteroatoms. The molecule has 10 atom stereocenters. The van der Waals surface area contributed by atoms with Gasteiger partial charge in [-0.15, -0.1) is 0 Å². The van der Waals surface area contributed by atoms with Crippen LogP contribution in [0.25, 0.3) is 0 Å². The SMILES string of the molecule is C/C(=C\CC(O)[C@@H](C)[C@H]1CC[C@@]2(C)C3CCC4C(C)(C)[C@@H](O)CC[C@@]45C[C@@]35CC[C@]12C)C(=O)O. The molecule has 3 N–H and O–H groups in total. The van der Waals surface area contributed by atoms with Gasteiger partial charge in [0.25, 0.3) is 0 Å². The Morgan fingerprint density at radius 1 is 0.941 bits per heavy atom. The largest absolute Gasteiger partial charge is 0.478 e. The van der Waals surface area contributed by atoms with E-state index in [-0.39, 0.29) is 22.9 Å². The van der Waals surface area contributed by atoms with E-state index >= 15 is 0 Å². The molecule has 3 unspecified atom stereocenters. The van der Waals surface area contributed by atoms with Crippen LogP contribution in [0.15, 0.2) is 11.6 Å². The first-order valence-electron chi connectivity index (χ1n) is 14.0. The highest BCUT2D eigenvalue weighted by Crippen LogP contribution is 2.89. The van der Waals surface area contributed by atoms with Crippen molar-refractivity contribution in [2.45, 2.75) is 118 Å². The van der Waals surface area contributed by atoms with Crippen molar-refractivity contribution in [3.8, 4) is 0 Å². The Balaban J connectivity index is 1.39. The average molecular weight is 473 g/mol. The second-order valence-electron chi connectivity index (χ2n) is 14.4. The van der Waals surface area contributed by atoms with Crippen molar-refractivity contribution >= 4 is 5.97 Å². The van der Waals surface area contributed by atoms with E-state index in [9.17, 15) is 20.1 Å². The predicted molar refractivity (Wildman–Crippen MR) is 134 cm³/mol. The van der Waals surface area contributed by atoms with Gasteiger partial charge in [-0.2, -0.15) is 0 Å². The lowest BCUT2D eigenvalue weighted by molar-refractivity contribution is -0.163. The summed E-state index contributed by atoms with van der Waals surface area (Å²) in [5, 5.41) is 31.1. The van der Waals surface area contributed by atoms with Crippen molar-refractivity contribution in [1.29, 1.82) is 0 Å². The Morgan fingerprint density at radius 3 is 2.26 bits per heavy atom. The Labute approximate surface area is 206 Å². The molecule has 5 saturated carbocycles. The summed E-state index contributed by atoms with van der Waals surface area (Å²) in [4.78, 5) is 11.2. The lowest BCUT2D eigenvalue weighted by atomic mass is 9.41. The van der Waals surface area contributed by atoms with Crippen LogP contribution in [0, 0.1) is 50.7 Å². The molecule has 5 aliphatic carbocycles. The Morgan fingerprint density at radius 2 is 1.59 bits per heavy atom. The quantitative estimate of drug-likeness (QED) is 0.416. The average Bonchev–Trinajstić information content (AvgIpc) is 3.37. The first kappa shape index (κ1) is 24.8. The van der Waals surface area contributed by atoms with Crippen LogP contribution in [0.3, 0.4) is 0 Å². The summed E-state index contributed by atoms with van der Waals surface area (Å²) in [5.41, 5.74) is 1.85. The molecule has 4 nitrogen and oxygen atoms in total. The van der Waals surface area contributed by atoms with Crippen molar-refractivity contribution in [3.05, 3.63) is 11.6 Å². The number of rotatable bonds is 5. The van der Waals surface area contributed by atoms with Gasteiger partial charge in [0.2, 0.25) is 0 Å². The molecule has 0 aromatic heterocycles. The molecule has 0 radical (unpaired) electrons. The zero-order valence-corrected chi connectivity index (χ0v) is 22.4. The van der Waals surface area contributed by atoms with Gasteiger partial charge in [0.1, 0.15) is 0 Å². The number of carboxylic acids is 1. The third kappa shape index (κ3) is 2.93. The molecule has 0 aromatic rings. The highest BCUT2D eigenvalue weighted by atomic mass is 16.4. The topological polar surface area (TPSA) is 77.8 Å². The summed E-state index contributed by atoms with van der Waals surface area (Å²) in [7, 11) is 0. The molecule has 0 amide bonds. The lowest BCUT2D eigenvalue weighted by Crippen LogP contribution is -2.57. The number of fused-ring (bicyclic) bond motifs is 2. The normalized spacial score (nSPS) is 50.9. The summed E-state index contributed by atoms with van der Waals surface area (Å²) in [6.45, 7) is 13.6. The highest BCUT2D eigenvalue weighted by Gasteiger charge is 2.82. The van der Waals surface area contributed by atoms with E-state index in [1.165, 1.54) is 51.4 Å². The zero-order chi connectivity index (χ0) is 24.9. The number of aliphatic carboxylic acids is 1. The molecule has 0 saturated heterocycles.